The van der Waals surface area contributed by atoms with E-state index >= 15 is 0 Å². The summed E-state index contributed by atoms with van der Waals surface area (Å²) in [6.45, 7) is -1.63. The molecule has 29 heavy (non-hydrogen) atoms. The number of benzene rings is 3. The number of ether oxygens (including phenoxy) is 1. The summed E-state index contributed by atoms with van der Waals surface area (Å²) in [6.07, 6.45) is -2.65. The standard InChI is InChI=1S/C26H29NO2/c1-4-25(20-8-6-5-7-9-20)26(21-10-14-23(28)15-11-21)22-12-16-24(17-13-22)29-19-18-27(2)3/h5-17,28H,4,18-19H2,1-3H3/b26-25-/i1D3,4D2. The fourth-order valence-electron chi connectivity index (χ4n) is 3.03. The van der Waals surface area contributed by atoms with Crippen molar-refractivity contribution in [1.82, 2.24) is 4.90 Å². The second kappa shape index (κ2) is 9.94. The van der Waals surface area contributed by atoms with Gasteiger partial charge < -0.3 is 14.7 Å². The Morgan fingerprint density at radius 3 is 2.10 bits per heavy atom. The zero-order valence-electron chi connectivity index (χ0n) is 21.7. The summed E-state index contributed by atoms with van der Waals surface area (Å²) in [5.74, 6) is 0.726. The van der Waals surface area contributed by atoms with Crippen LogP contribution in [0.15, 0.2) is 78.9 Å². The maximum absolute atomic E-state index is 9.81. The summed E-state index contributed by atoms with van der Waals surface area (Å²) in [4.78, 5) is 2.02. The van der Waals surface area contributed by atoms with E-state index in [1.165, 1.54) is 12.1 Å². The first kappa shape index (κ1) is 14.9. The lowest BCUT2D eigenvalue weighted by atomic mass is 9.88. The molecule has 0 fully saturated rings. The van der Waals surface area contributed by atoms with Gasteiger partial charge >= 0.3 is 0 Å². The highest BCUT2D eigenvalue weighted by Gasteiger charge is 2.13. The van der Waals surface area contributed by atoms with Crippen molar-refractivity contribution in [3.8, 4) is 11.5 Å². The van der Waals surface area contributed by atoms with E-state index < -0.39 is 13.2 Å². The summed E-state index contributed by atoms with van der Waals surface area (Å²) in [7, 11) is 3.93. The lowest BCUT2D eigenvalue weighted by molar-refractivity contribution is 0.261. The smallest absolute Gasteiger partial charge is 0.119 e. The van der Waals surface area contributed by atoms with Crippen molar-refractivity contribution in [2.24, 2.45) is 0 Å². The maximum Gasteiger partial charge on any atom is 0.119 e. The van der Waals surface area contributed by atoms with Crippen LogP contribution in [-0.4, -0.2) is 37.3 Å². The summed E-state index contributed by atoms with van der Waals surface area (Å²) >= 11 is 0. The Kier molecular flexibility index (Phi) is 5.10. The molecule has 0 saturated carbocycles. The molecule has 0 atom stereocenters. The molecule has 3 rings (SSSR count). The van der Waals surface area contributed by atoms with E-state index in [4.69, 9.17) is 11.6 Å². The number of phenols is 1. The van der Waals surface area contributed by atoms with Crippen molar-refractivity contribution in [2.75, 3.05) is 27.2 Å². The molecule has 0 bridgehead atoms. The molecular weight excluding hydrogens is 358 g/mol. The zero-order valence-corrected chi connectivity index (χ0v) is 16.7. The van der Waals surface area contributed by atoms with Crippen LogP contribution in [0.25, 0.3) is 11.1 Å². The quantitative estimate of drug-likeness (QED) is 0.499. The van der Waals surface area contributed by atoms with E-state index in [9.17, 15) is 5.11 Å². The summed E-state index contributed by atoms with van der Waals surface area (Å²) < 4.78 is 47.1. The zero-order chi connectivity index (χ0) is 24.9. The molecular formula is C26H29NO2. The molecule has 3 aromatic rings. The molecule has 0 aliphatic carbocycles. The summed E-state index contributed by atoms with van der Waals surface area (Å²) in [5, 5.41) is 9.81. The van der Waals surface area contributed by atoms with Gasteiger partial charge in [0.05, 0.1) is 0 Å². The second-order valence-electron chi connectivity index (χ2n) is 6.96. The first-order chi connectivity index (χ1) is 16.0. The lowest BCUT2D eigenvalue weighted by Gasteiger charge is -2.17. The van der Waals surface area contributed by atoms with Gasteiger partial charge in [-0.3, -0.25) is 0 Å². The fourth-order valence-corrected chi connectivity index (χ4v) is 3.03. The number of allylic oxidation sites excluding steroid dienone is 1. The predicted molar refractivity (Wildman–Crippen MR) is 121 cm³/mol. The van der Waals surface area contributed by atoms with Crippen LogP contribution in [-0.2, 0) is 0 Å². The van der Waals surface area contributed by atoms with Crippen molar-refractivity contribution in [3.05, 3.63) is 95.6 Å². The Labute approximate surface area is 180 Å². The second-order valence-corrected chi connectivity index (χ2v) is 6.96. The largest absolute Gasteiger partial charge is 0.508 e. The maximum atomic E-state index is 9.81. The summed E-state index contributed by atoms with van der Waals surface area (Å²) in [5.41, 5.74) is 2.19. The Hall–Kier alpha value is -3.04. The number of aromatic hydroxyl groups is 1. The third-order valence-electron chi connectivity index (χ3n) is 4.54. The van der Waals surface area contributed by atoms with Crippen LogP contribution in [0, 0.1) is 0 Å². The van der Waals surface area contributed by atoms with Crippen LogP contribution >= 0.6 is 0 Å². The molecule has 1 N–H and O–H groups in total. The van der Waals surface area contributed by atoms with Crippen LogP contribution in [0.1, 0.15) is 36.8 Å². The molecule has 0 unspecified atom stereocenters. The highest BCUT2D eigenvalue weighted by molar-refractivity contribution is 5.98. The van der Waals surface area contributed by atoms with Gasteiger partial charge in [0.2, 0.25) is 0 Å². The van der Waals surface area contributed by atoms with Crippen LogP contribution in [0.4, 0.5) is 0 Å². The Bertz CT molecular complexity index is 1110. The number of nitrogens with zero attached hydrogens (tertiary/aromatic N) is 1. The highest BCUT2D eigenvalue weighted by atomic mass is 16.5. The average Bonchev–Trinajstić information content (AvgIpc) is 2.78. The van der Waals surface area contributed by atoms with Crippen LogP contribution < -0.4 is 4.74 Å². The van der Waals surface area contributed by atoms with Crippen LogP contribution in [0.3, 0.4) is 0 Å². The molecule has 0 amide bonds. The minimum absolute atomic E-state index is 0.0556. The van der Waals surface area contributed by atoms with Crippen molar-refractivity contribution >= 4 is 11.1 Å². The average molecular weight is 393 g/mol. The van der Waals surface area contributed by atoms with Gasteiger partial charge in [0.25, 0.3) is 0 Å². The Morgan fingerprint density at radius 2 is 1.52 bits per heavy atom. The molecule has 0 spiro atoms. The topological polar surface area (TPSA) is 32.7 Å². The molecule has 3 nitrogen and oxygen atoms in total. The van der Waals surface area contributed by atoms with E-state index in [0.717, 1.165) is 6.54 Å². The predicted octanol–water partition coefficient (Wildman–Crippen LogP) is 5.70. The van der Waals surface area contributed by atoms with Crippen molar-refractivity contribution in [2.45, 2.75) is 13.2 Å². The number of phenolic OH excluding ortho intramolecular Hbond substituents is 1. The number of likely N-dealkylation sites (N-methyl/N-ethyl adjacent to an activating group) is 1. The highest BCUT2D eigenvalue weighted by Crippen LogP contribution is 2.35. The first-order valence-corrected chi connectivity index (χ1v) is 9.48. The molecule has 0 saturated heterocycles. The number of hydrogen-bond acceptors (Lipinski definition) is 3. The van der Waals surface area contributed by atoms with E-state index in [1.54, 1.807) is 66.7 Å². The third-order valence-corrected chi connectivity index (χ3v) is 4.54. The normalized spacial score (nSPS) is 15.5. The minimum atomic E-state index is -2.91. The van der Waals surface area contributed by atoms with Gasteiger partial charge in [-0.2, -0.15) is 0 Å². The monoisotopic (exact) mass is 392 g/mol. The number of rotatable bonds is 8. The molecule has 0 aliphatic heterocycles. The molecule has 3 aromatic carbocycles. The lowest BCUT2D eigenvalue weighted by Crippen LogP contribution is -2.19. The fraction of sp³-hybridized carbons (Fsp3) is 0.231. The Morgan fingerprint density at radius 1 is 0.897 bits per heavy atom. The molecule has 150 valence electrons. The molecule has 0 radical (unpaired) electrons. The molecule has 0 heterocycles. The SMILES string of the molecule is [2H]C([2H])([2H])C([2H])([2H])/C(=C(\c1ccc(O)cc1)c1ccc(OCCN(C)C)cc1)c1ccccc1. The van der Waals surface area contributed by atoms with Crippen LogP contribution in [0.2, 0.25) is 0 Å². The summed E-state index contributed by atoms with van der Waals surface area (Å²) in [6, 6.07) is 22.2. The van der Waals surface area contributed by atoms with Crippen molar-refractivity contribution in [3.63, 3.8) is 0 Å². The Balaban J connectivity index is 2.24. The van der Waals surface area contributed by atoms with Gasteiger partial charge in [-0.05, 0) is 72.6 Å². The van der Waals surface area contributed by atoms with Gasteiger partial charge in [-0.15, -0.1) is 0 Å². The van der Waals surface area contributed by atoms with Gasteiger partial charge in [0.15, 0.2) is 0 Å². The van der Waals surface area contributed by atoms with E-state index in [1.807, 2.05) is 19.0 Å². The third kappa shape index (κ3) is 5.49. The van der Waals surface area contributed by atoms with Gasteiger partial charge in [0.1, 0.15) is 18.1 Å². The van der Waals surface area contributed by atoms with Crippen molar-refractivity contribution in [1.29, 1.82) is 0 Å². The van der Waals surface area contributed by atoms with Gasteiger partial charge in [0, 0.05) is 13.4 Å². The van der Waals surface area contributed by atoms with Crippen molar-refractivity contribution < 1.29 is 16.7 Å². The molecule has 0 aromatic heterocycles. The van der Waals surface area contributed by atoms with E-state index in [0.29, 0.717) is 34.6 Å². The van der Waals surface area contributed by atoms with Gasteiger partial charge in [-0.1, -0.05) is 61.4 Å². The van der Waals surface area contributed by atoms with E-state index in [2.05, 4.69) is 0 Å². The van der Waals surface area contributed by atoms with E-state index in [-0.39, 0.29) is 11.3 Å². The van der Waals surface area contributed by atoms with Crippen LogP contribution in [0.5, 0.6) is 11.5 Å². The first-order valence-electron chi connectivity index (χ1n) is 12.0. The molecule has 0 aliphatic rings. The molecule has 3 heteroatoms. The van der Waals surface area contributed by atoms with Gasteiger partial charge in [-0.25, -0.2) is 0 Å². The minimum Gasteiger partial charge on any atom is -0.508 e. The number of hydrogen-bond donors (Lipinski definition) is 1.